The van der Waals surface area contributed by atoms with Crippen LogP contribution in [-0.2, 0) is 0 Å². The van der Waals surface area contributed by atoms with Crippen LogP contribution in [0.15, 0.2) is 85.1 Å². The lowest BCUT2D eigenvalue weighted by molar-refractivity contribution is 0.102. The Morgan fingerprint density at radius 2 is 1.77 bits per heavy atom. The molecule has 0 fully saturated rings. The fourth-order valence-corrected chi connectivity index (χ4v) is 3.19. The van der Waals surface area contributed by atoms with Gasteiger partial charge >= 0.3 is 0 Å². The van der Waals surface area contributed by atoms with Crippen LogP contribution in [0.25, 0.3) is 28.4 Å². The van der Waals surface area contributed by atoms with Crippen LogP contribution in [0, 0.1) is 5.82 Å². The summed E-state index contributed by atoms with van der Waals surface area (Å²) >= 11 is 0. The van der Waals surface area contributed by atoms with E-state index in [1.807, 2.05) is 42.5 Å². The van der Waals surface area contributed by atoms with Gasteiger partial charge < -0.3 is 5.32 Å². The Hall–Kier alpha value is -4.46. The van der Waals surface area contributed by atoms with Crippen LogP contribution in [0.2, 0.25) is 0 Å². The number of carbonyl (C=O) groups excluding carboxylic acids is 1. The molecule has 8 heteroatoms. The van der Waals surface area contributed by atoms with Gasteiger partial charge in [0, 0.05) is 23.0 Å². The van der Waals surface area contributed by atoms with E-state index in [-0.39, 0.29) is 5.56 Å². The van der Waals surface area contributed by atoms with Gasteiger partial charge in [-0.3, -0.25) is 9.78 Å². The van der Waals surface area contributed by atoms with Crippen LogP contribution < -0.4 is 5.32 Å². The van der Waals surface area contributed by atoms with Crippen LogP contribution in [0.1, 0.15) is 10.4 Å². The monoisotopic (exact) mass is 410 g/mol. The molecule has 0 aliphatic heterocycles. The lowest BCUT2D eigenvalue weighted by Crippen LogP contribution is -2.12. The average molecular weight is 410 g/mol. The summed E-state index contributed by atoms with van der Waals surface area (Å²) in [7, 11) is 0. The SMILES string of the molecule is O=C(Nc1cccc(-c2ccc3nnc(-c4ccccn4)n3n2)c1)c1cccc(F)c1. The number of rotatable bonds is 4. The second kappa shape index (κ2) is 7.75. The largest absolute Gasteiger partial charge is 0.322 e. The van der Waals surface area contributed by atoms with Crippen LogP contribution in [-0.4, -0.2) is 30.7 Å². The Morgan fingerprint density at radius 1 is 0.871 bits per heavy atom. The number of hydrogen-bond acceptors (Lipinski definition) is 5. The first kappa shape index (κ1) is 18.6. The minimum absolute atomic E-state index is 0.245. The zero-order chi connectivity index (χ0) is 21.2. The van der Waals surface area contributed by atoms with Gasteiger partial charge in [0.1, 0.15) is 11.5 Å². The first-order valence-corrected chi connectivity index (χ1v) is 9.49. The molecule has 0 aliphatic carbocycles. The van der Waals surface area contributed by atoms with Crippen molar-refractivity contribution in [2.24, 2.45) is 0 Å². The predicted molar refractivity (Wildman–Crippen MR) is 114 cm³/mol. The third-order valence-electron chi connectivity index (χ3n) is 4.66. The standard InChI is InChI=1S/C23H15FN6O/c24-17-7-3-6-16(13-17)23(31)26-18-8-4-5-15(14-18)19-10-11-21-27-28-22(30(21)29-19)20-9-1-2-12-25-20/h1-14H,(H,26,31). The minimum Gasteiger partial charge on any atom is -0.322 e. The molecule has 0 aliphatic rings. The van der Waals surface area contributed by atoms with E-state index in [2.05, 4.69) is 25.6 Å². The van der Waals surface area contributed by atoms with Gasteiger partial charge in [-0.25, -0.2) is 4.39 Å². The van der Waals surface area contributed by atoms with Gasteiger partial charge in [-0.05, 0) is 54.6 Å². The average Bonchev–Trinajstić information content (AvgIpc) is 3.23. The van der Waals surface area contributed by atoms with E-state index in [0.717, 1.165) is 5.56 Å². The van der Waals surface area contributed by atoms with E-state index < -0.39 is 11.7 Å². The predicted octanol–water partition coefficient (Wildman–Crippen LogP) is 4.24. The fraction of sp³-hybridized carbons (Fsp3) is 0. The first-order valence-electron chi connectivity index (χ1n) is 9.49. The molecule has 0 bridgehead atoms. The van der Waals surface area contributed by atoms with E-state index in [4.69, 9.17) is 0 Å². The third kappa shape index (κ3) is 3.74. The molecular weight excluding hydrogens is 395 g/mol. The lowest BCUT2D eigenvalue weighted by atomic mass is 10.1. The number of amides is 1. The van der Waals surface area contributed by atoms with Gasteiger partial charge in [0.2, 0.25) is 5.82 Å². The summed E-state index contributed by atoms with van der Waals surface area (Å²) in [6.07, 6.45) is 1.69. The van der Waals surface area contributed by atoms with Crippen molar-refractivity contribution < 1.29 is 9.18 Å². The molecule has 0 atom stereocenters. The van der Waals surface area contributed by atoms with Crippen LogP contribution in [0.3, 0.4) is 0 Å². The van der Waals surface area contributed by atoms with Crippen LogP contribution in [0.5, 0.6) is 0 Å². The summed E-state index contributed by atoms with van der Waals surface area (Å²) in [5.74, 6) is -0.319. The zero-order valence-corrected chi connectivity index (χ0v) is 16.1. The van der Waals surface area contributed by atoms with Crippen molar-refractivity contribution in [2.75, 3.05) is 5.32 Å². The number of aromatic nitrogens is 5. The maximum atomic E-state index is 13.4. The molecule has 2 aromatic carbocycles. The summed E-state index contributed by atoms with van der Waals surface area (Å²) in [5, 5.41) is 15.8. The third-order valence-corrected chi connectivity index (χ3v) is 4.66. The molecule has 7 nitrogen and oxygen atoms in total. The summed E-state index contributed by atoms with van der Waals surface area (Å²) < 4.78 is 15.0. The lowest BCUT2D eigenvalue weighted by Gasteiger charge is -2.08. The Labute approximate surface area is 176 Å². The molecule has 0 unspecified atom stereocenters. The Kier molecular flexibility index (Phi) is 4.64. The molecule has 1 amide bonds. The molecule has 31 heavy (non-hydrogen) atoms. The van der Waals surface area contributed by atoms with Gasteiger partial charge in [0.15, 0.2) is 5.65 Å². The number of nitrogens with zero attached hydrogens (tertiary/aromatic N) is 5. The van der Waals surface area contributed by atoms with Crippen molar-refractivity contribution in [3.8, 4) is 22.8 Å². The number of benzene rings is 2. The number of fused-ring (bicyclic) bond motifs is 1. The fourth-order valence-electron chi connectivity index (χ4n) is 3.19. The number of nitrogens with one attached hydrogen (secondary N) is 1. The summed E-state index contributed by atoms with van der Waals surface area (Å²) in [6.45, 7) is 0. The molecule has 0 saturated carbocycles. The molecule has 0 spiro atoms. The first-order chi connectivity index (χ1) is 15.2. The summed E-state index contributed by atoms with van der Waals surface area (Å²) in [4.78, 5) is 16.8. The Balaban J connectivity index is 1.47. The summed E-state index contributed by atoms with van der Waals surface area (Å²) in [6, 6.07) is 22.0. The molecule has 5 aromatic rings. The molecule has 5 rings (SSSR count). The highest BCUT2D eigenvalue weighted by Gasteiger charge is 2.12. The van der Waals surface area contributed by atoms with E-state index >= 15 is 0 Å². The number of carbonyl (C=O) groups is 1. The van der Waals surface area contributed by atoms with E-state index in [1.54, 1.807) is 28.9 Å². The highest BCUT2D eigenvalue weighted by molar-refractivity contribution is 6.04. The highest BCUT2D eigenvalue weighted by Crippen LogP contribution is 2.23. The van der Waals surface area contributed by atoms with Gasteiger partial charge in [-0.2, -0.15) is 9.61 Å². The van der Waals surface area contributed by atoms with Crippen molar-refractivity contribution in [2.45, 2.75) is 0 Å². The molecule has 3 aromatic heterocycles. The number of halogens is 1. The Bertz CT molecular complexity index is 1400. The molecule has 0 radical (unpaired) electrons. The van der Waals surface area contributed by atoms with E-state index in [0.29, 0.717) is 28.5 Å². The normalized spacial score (nSPS) is 10.9. The van der Waals surface area contributed by atoms with Crippen molar-refractivity contribution in [3.63, 3.8) is 0 Å². The van der Waals surface area contributed by atoms with Gasteiger partial charge in [-0.1, -0.05) is 24.3 Å². The molecule has 150 valence electrons. The second-order valence-corrected chi connectivity index (χ2v) is 6.77. The molecule has 3 heterocycles. The maximum absolute atomic E-state index is 13.4. The van der Waals surface area contributed by atoms with Gasteiger partial charge in [0.25, 0.3) is 5.91 Å². The maximum Gasteiger partial charge on any atom is 0.255 e. The topological polar surface area (TPSA) is 85.1 Å². The number of anilines is 1. The van der Waals surface area contributed by atoms with Gasteiger partial charge in [-0.15, -0.1) is 10.2 Å². The van der Waals surface area contributed by atoms with E-state index in [1.165, 1.54) is 18.2 Å². The quantitative estimate of drug-likeness (QED) is 0.479. The molecule has 1 N–H and O–H groups in total. The molecular formula is C23H15FN6O. The van der Waals surface area contributed by atoms with Crippen molar-refractivity contribution in [1.82, 2.24) is 24.8 Å². The van der Waals surface area contributed by atoms with Crippen molar-refractivity contribution in [3.05, 3.63) is 96.4 Å². The van der Waals surface area contributed by atoms with Crippen LogP contribution >= 0.6 is 0 Å². The van der Waals surface area contributed by atoms with Crippen molar-refractivity contribution in [1.29, 1.82) is 0 Å². The van der Waals surface area contributed by atoms with Crippen molar-refractivity contribution >= 4 is 17.2 Å². The smallest absolute Gasteiger partial charge is 0.255 e. The Morgan fingerprint density at radius 3 is 2.61 bits per heavy atom. The molecule has 0 saturated heterocycles. The number of hydrogen-bond donors (Lipinski definition) is 1. The number of pyridine rings is 1. The van der Waals surface area contributed by atoms with Gasteiger partial charge in [0.05, 0.1) is 5.69 Å². The minimum atomic E-state index is -0.462. The summed E-state index contributed by atoms with van der Waals surface area (Å²) in [5.41, 5.74) is 3.54. The highest BCUT2D eigenvalue weighted by atomic mass is 19.1. The van der Waals surface area contributed by atoms with E-state index in [9.17, 15) is 9.18 Å². The second-order valence-electron chi connectivity index (χ2n) is 6.77. The van der Waals surface area contributed by atoms with Crippen LogP contribution in [0.4, 0.5) is 10.1 Å². The zero-order valence-electron chi connectivity index (χ0n) is 16.1.